The number of benzene rings is 3. The van der Waals surface area contributed by atoms with E-state index in [0.717, 1.165) is 45.2 Å². The summed E-state index contributed by atoms with van der Waals surface area (Å²) < 4.78 is 5.50. The molecule has 2 fully saturated rings. The second-order valence-electron chi connectivity index (χ2n) is 9.68. The van der Waals surface area contributed by atoms with Crippen LogP contribution in [-0.2, 0) is 19.9 Å². The fourth-order valence-corrected chi connectivity index (χ4v) is 7.45. The first-order chi connectivity index (χ1) is 19.0. The van der Waals surface area contributed by atoms with Crippen molar-refractivity contribution in [1.29, 1.82) is 0 Å². The Morgan fingerprint density at radius 1 is 0.923 bits per heavy atom. The Morgan fingerprint density at radius 3 is 2.36 bits per heavy atom. The summed E-state index contributed by atoms with van der Waals surface area (Å²) in [5, 5.41) is 5.03. The van der Waals surface area contributed by atoms with E-state index in [2.05, 4.69) is 45.9 Å². The summed E-state index contributed by atoms with van der Waals surface area (Å²) in [6, 6.07) is 27.8. The minimum Gasteiger partial charge on any atom is -0.378 e. The quantitative estimate of drug-likeness (QED) is 0.270. The number of carbonyl (C=O) groups is 2. The lowest BCUT2D eigenvalue weighted by molar-refractivity contribution is -0.132. The molecule has 198 valence electrons. The molecule has 0 radical (unpaired) electrons. The summed E-state index contributed by atoms with van der Waals surface area (Å²) in [7, 11) is 0. The number of amides is 1. The van der Waals surface area contributed by atoms with E-state index in [1.165, 1.54) is 11.8 Å². The van der Waals surface area contributed by atoms with Crippen molar-refractivity contribution in [1.82, 2.24) is 5.32 Å². The van der Waals surface area contributed by atoms with Crippen LogP contribution in [0.1, 0.15) is 17.5 Å². The number of ether oxygens (including phenoxy) is 1. The molecule has 2 aliphatic rings. The Kier molecular flexibility index (Phi) is 7.49. The molecule has 2 aliphatic heterocycles. The predicted molar refractivity (Wildman–Crippen MR) is 159 cm³/mol. The molecule has 4 aromatic rings. The number of rotatable bonds is 6. The molecule has 3 aromatic carbocycles. The topological polar surface area (TPSA) is 58.6 Å². The highest BCUT2D eigenvalue weighted by Crippen LogP contribution is 2.43. The molecule has 1 amide bonds. The van der Waals surface area contributed by atoms with Crippen LogP contribution >= 0.6 is 34.7 Å². The van der Waals surface area contributed by atoms with Crippen LogP contribution in [0.5, 0.6) is 0 Å². The van der Waals surface area contributed by atoms with Gasteiger partial charge in [0.05, 0.1) is 23.8 Å². The molecule has 0 saturated carbocycles. The van der Waals surface area contributed by atoms with E-state index in [9.17, 15) is 9.59 Å². The first kappa shape index (κ1) is 26.1. The fourth-order valence-electron chi connectivity index (χ4n) is 5.21. The minimum atomic E-state index is -0.960. The van der Waals surface area contributed by atoms with Crippen molar-refractivity contribution >= 4 is 52.1 Å². The van der Waals surface area contributed by atoms with Crippen molar-refractivity contribution in [3.05, 3.63) is 106 Å². The van der Waals surface area contributed by atoms with Gasteiger partial charge in [-0.15, -0.1) is 23.1 Å². The van der Waals surface area contributed by atoms with Crippen molar-refractivity contribution in [2.75, 3.05) is 31.2 Å². The second-order valence-corrected chi connectivity index (χ2v) is 12.1. The number of nitrogens with zero attached hydrogens (tertiary/aromatic N) is 1. The predicted octanol–water partition coefficient (Wildman–Crippen LogP) is 6.40. The van der Waals surface area contributed by atoms with Crippen LogP contribution in [0.4, 0.5) is 5.69 Å². The lowest BCUT2D eigenvalue weighted by Gasteiger charge is -2.40. The van der Waals surface area contributed by atoms with Crippen LogP contribution in [0.2, 0.25) is 5.02 Å². The van der Waals surface area contributed by atoms with Crippen molar-refractivity contribution in [3.63, 3.8) is 0 Å². The molecule has 8 heteroatoms. The zero-order valence-corrected chi connectivity index (χ0v) is 23.5. The average molecular weight is 575 g/mol. The largest absolute Gasteiger partial charge is 0.378 e. The maximum Gasteiger partial charge on any atom is 0.242 e. The van der Waals surface area contributed by atoms with Crippen LogP contribution in [0.3, 0.4) is 0 Å². The number of Topliss-reactive ketones (excluding diaryl/α,β-unsaturated/α-hetero) is 1. The third kappa shape index (κ3) is 5.24. The highest BCUT2D eigenvalue weighted by atomic mass is 35.5. The average Bonchev–Trinajstić information content (AvgIpc) is 3.48. The molecule has 3 heterocycles. The highest BCUT2D eigenvalue weighted by Gasteiger charge is 2.48. The molecule has 5 nitrogen and oxygen atoms in total. The van der Waals surface area contributed by atoms with Gasteiger partial charge < -0.3 is 15.0 Å². The second kappa shape index (κ2) is 11.2. The summed E-state index contributed by atoms with van der Waals surface area (Å²) in [6.45, 7) is 3.09. The molecular formula is C31H27ClN2O3S2. The number of morpholine rings is 1. The lowest BCUT2D eigenvalue weighted by atomic mass is 9.77. The number of hydrogen-bond acceptors (Lipinski definition) is 6. The van der Waals surface area contributed by atoms with E-state index >= 15 is 0 Å². The third-order valence-electron chi connectivity index (χ3n) is 7.27. The van der Waals surface area contributed by atoms with Gasteiger partial charge in [-0.1, -0.05) is 66.2 Å². The van der Waals surface area contributed by atoms with Gasteiger partial charge in [0.15, 0.2) is 5.78 Å². The van der Waals surface area contributed by atoms with Gasteiger partial charge in [0.2, 0.25) is 5.91 Å². The molecule has 0 bridgehead atoms. The molecule has 2 saturated heterocycles. The van der Waals surface area contributed by atoms with Crippen LogP contribution < -0.4 is 10.2 Å². The van der Waals surface area contributed by atoms with Crippen LogP contribution in [0.15, 0.2) is 95.2 Å². The van der Waals surface area contributed by atoms with Crippen LogP contribution in [0.25, 0.3) is 10.4 Å². The Hall–Kier alpha value is -3.10. The fraction of sp³-hybridized carbons (Fsp3) is 0.226. The van der Waals surface area contributed by atoms with Gasteiger partial charge in [0.25, 0.3) is 0 Å². The van der Waals surface area contributed by atoms with Crippen molar-refractivity contribution in [3.8, 4) is 10.4 Å². The van der Waals surface area contributed by atoms with E-state index in [-0.39, 0.29) is 18.1 Å². The van der Waals surface area contributed by atoms with Gasteiger partial charge in [-0.2, -0.15) is 0 Å². The van der Waals surface area contributed by atoms with Crippen LogP contribution in [0, 0.1) is 0 Å². The van der Waals surface area contributed by atoms with Gasteiger partial charge in [-0.05, 0) is 52.4 Å². The van der Waals surface area contributed by atoms with Gasteiger partial charge in [-0.3, -0.25) is 9.59 Å². The normalized spacial score (nSPS) is 21.6. The summed E-state index contributed by atoms with van der Waals surface area (Å²) in [5.74, 6) is -0.422. The molecule has 2 atom stereocenters. The van der Waals surface area contributed by atoms with E-state index in [4.69, 9.17) is 16.3 Å². The minimum absolute atomic E-state index is 0.117. The standard InChI is InChI=1S/C31H27ClN2O3S2/c32-25-8-4-5-9-27(25)39-29-26(35)19-31(33-30(29)36,23-18-28(38-20-23)21-6-2-1-3-7-21)22-10-12-24(13-11-22)34-14-16-37-17-15-34/h1-13,18,20,29H,14-17,19H2,(H,33,36). The van der Waals surface area contributed by atoms with Gasteiger partial charge in [0.1, 0.15) is 5.25 Å². The summed E-state index contributed by atoms with van der Waals surface area (Å²) in [5.41, 5.74) is 3.05. The Balaban J connectivity index is 1.36. The third-order valence-corrected chi connectivity index (χ3v) is 10.0. The van der Waals surface area contributed by atoms with E-state index in [1.807, 2.05) is 48.5 Å². The number of thiophene rings is 1. The molecular weight excluding hydrogens is 548 g/mol. The summed E-state index contributed by atoms with van der Waals surface area (Å²) in [6.07, 6.45) is 0.155. The number of ketones is 1. The zero-order valence-electron chi connectivity index (χ0n) is 21.1. The van der Waals surface area contributed by atoms with E-state index < -0.39 is 10.8 Å². The number of hydrogen-bond donors (Lipinski definition) is 1. The maximum absolute atomic E-state index is 13.7. The van der Waals surface area contributed by atoms with Gasteiger partial charge >= 0.3 is 0 Å². The van der Waals surface area contributed by atoms with Crippen LogP contribution in [-0.4, -0.2) is 43.2 Å². The Bertz CT molecular complexity index is 1470. The number of carbonyl (C=O) groups excluding carboxylic acids is 2. The number of thioether (sulfide) groups is 1. The first-order valence-electron chi connectivity index (χ1n) is 12.9. The summed E-state index contributed by atoms with van der Waals surface area (Å²) in [4.78, 5) is 31.5. The molecule has 2 unspecified atom stereocenters. The van der Waals surface area contributed by atoms with E-state index in [1.54, 1.807) is 17.4 Å². The molecule has 1 aromatic heterocycles. The Labute approximate surface area is 241 Å². The first-order valence-corrected chi connectivity index (χ1v) is 15.0. The summed E-state index contributed by atoms with van der Waals surface area (Å²) >= 11 is 9.18. The van der Waals surface area contributed by atoms with Gasteiger partial charge in [-0.25, -0.2) is 0 Å². The number of anilines is 1. The Morgan fingerprint density at radius 2 is 1.64 bits per heavy atom. The monoisotopic (exact) mass is 574 g/mol. The molecule has 0 aliphatic carbocycles. The van der Waals surface area contributed by atoms with Gasteiger partial charge in [0, 0.05) is 35.0 Å². The van der Waals surface area contributed by atoms with Crippen molar-refractivity contribution in [2.24, 2.45) is 0 Å². The number of halogens is 1. The smallest absolute Gasteiger partial charge is 0.242 e. The maximum atomic E-state index is 13.7. The SMILES string of the molecule is O=C1CC(c2ccc(N3CCOCC3)cc2)(c2csc(-c3ccccc3)c2)NC(=O)C1Sc1ccccc1Cl. The number of piperidine rings is 1. The van der Waals surface area contributed by atoms with Crippen molar-refractivity contribution in [2.45, 2.75) is 22.1 Å². The molecule has 6 rings (SSSR count). The van der Waals surface area contributed by atoms with Crippen molar-refractivity contribution < 1.29 is 14.3 Å². The molecule has 39 heavy (non-hydrogen) atoms. The highest BCUT2D eigenvalue weighted by molar-refractivity contribution is 8.01. The lowest BCUT2D eigenvalue weighted by Crippen LogP contribution is -2.58. The molecule has 0 spiro atoms. The number of nitrogens with one attached hydrogen (secondary N) is 1. The molecule has 1 N–H and O–H groups in total. The van der Waals surface area contributed by atoms with E-state index in [0.29, 0.717) is 18.2 Å². The zero-order chi connectivity index (χ0) is 26.8.